The number of hydrogen-bond donors (Lipinski definition) is 2. The Morgan fingerprint density at radius 3 is 2.35 bits per heavy atom. The second-order valence-corrected chi connectivity index (χ2v) is 7.93. The molecule has 0 heterocycles. The highest BCUT2D eigenvalue weighted by atomic mass is 32.2. The molecular formula is C15H23NO3S. The number of nitrogens with one attached hydrogen (secondary N) is 1. The first-order valence-electron chi connectivity index (χ1n) is 7.15. The van der Waals surface area contributed by atoms with Crippen LogP contribution in [0, 0.1) is 0 Å². The summed E-state index contributed by atoms with van der Waals surface area (Å²) in [5.74, 6) is 0.118. The van der Waals surface area contributed by atoms with E-state index in [2.05, 4.69) is 5.32 Å². The van der Waals surface area contributed by atoms with Crippen LogP contribution in [0.5, 0.6) is 0 Å². The van der Waals surface area contributed by atoms with E-state index in [0.717, 1.165) is 24.8 Å². The second-order valence-electron chi connectivity index (χ2n) is 5.65. The van der Waals surface area contributed by atoms with E-state index >= 15 is 0 Å². The molecular weight excluding hydrogens is 274 g/mol. The summed E-state index contributed by atoms with van der Waals surface area (Å²) in [5, 5.41) is 13.4. The maximum absolute atomic E-state index is 11.7. The van der Waals surface area contributed by atoms with E-state index in [1.54, 1.807) is 19.1 Å². The third-order valence-corrected chi connectivity index (χ3v) is 5.89. The van der Waals surface area contributed by atoms with Gasteiger partial charge in [-0.2, -0.15) is 0 Å². The molecule has 1 unspecified atom stereocenters. The van der Waals surface area contributed by atoms with Crippen molar-refractivity contribution in [3.63, 3.8) is 0 Å². The third-order valence-electron chi connectivity index (χ3n) is 4.14. The SMILES string of the molecule is CCS(=O)(=O)c1ccc(C(C)NCC2(O)CCC2)cc1. The minimum Gasteiger partial charge on any atom is -0.389 e. The Labute approximate surface area is 121 Å². The van der Waals surface area contributed by atoms with Crippen molar-refractivity contribution in [2.75, 3.05) is 12.3 Å². The molecule has 1 fully saturated rings. The van der Waals surface area contributed by atoms with Gasteiger partial charge in [0.2, 0.25) is 0 Å². The topological polar surface area (TPSA) is 66.4 Å². The van der Waals surface area contributed by atoms with Gasteiger partial charge < -0.3 is 10.4 Å². The fourth-order valence-corrected chi connectivity index (χ4v) is 3.24. The fourth-order valence-electron chi connectivity index (χ4n) is 2.35. The molecule has 2 rings (SSSR count). The van der Waals surface area contributed by atoms with Crippen molar-refractivity contribution in [1.29, 1.82) is 0 Å². The molecule has 1 aliphatic carbocycles. The van der Waals surface area contributed by atoms with Gasteiger partial charge in [-0.1, -0.05) is 19.1 Å². The van der Waals surface area contributed by atoms with Gasteiger partial charge in [-0.15, -0.1) is 0 Å². The van der Waals surface area contributed by atoms with Crippen molar-refractivity contribution < 1.29 is 13.5 Å². The molecule has 0 bridgehead atoms. The highest BCUT2D eigenvalue weighted by Crippen LogP contribution is 2.31. The molecule has 0 amide bonds. The summed E-state index contributed by atoms with van der Waals surface area (Å²) in [4.78, 5) is 0.369. The van der Waals surface area contributed by atoms with E-state index < -0.39 is 15.4 Å². The van der Waals surface area contributed by atoms with Crippen molar-refractivity contribution in [2.45, 2.75) is 49.6 Å². The van der Waals surface area contributed by atoms with Crippen molar-refractivity contribution in [1.82, 2.24) is 5.32 Å². The lowest BCUT2D eigenvalue weighted by Crippen LogP contribution is -2.46. The van der Waals surface area contributed by atoms with Crippen molar-refractivity contribution in [3.05, 3.63) is 29.8 Å². The van der Waals surface area contributed by atoms with Gasteiger partial charge in [0, 0.05) is 12.6 Å². The normalized spacial score (nSPS) is 19.4. The van der Waals surface area contributed by atoms with Gasteiger partial charge in [0.05, 0.1) is 16.2 Å². The largest absolute Gasteiger partial charge is 0.389 e. The molecule has 0 saturated heterocycles. The Morgan fingerprint density at radius 2 is 1.90 bits per heavy atom. The second kappa shape index (κ2) is 5.84. The van der Waals surface area contributed by atoms with Crippen LogP contribution in [0.4, 0.5) is 0 Å². The maximum Gasteiger partial charge on any atom is 0.178 e. The van der Waals surface area contributed by atoms with Crippen LogP contribution >= 0.6 is 0 Å². The van der Waals surface area contributed by atoms with Gasteiger partial charge in [0.25, 0.3) is 0 Å². The Bertz CT molecular complexity index is 547. The Balaban J connectivity index is 1.98. The average Bonchev–Trinajstić information content (AvgIpc) is 2.42. The zero-order valence-corrected chi connectivity index (χ0v) is 12.9. The lowest BCUT2D eigenvalue weighted by molar-refractivity contribution is -0.0329. The van der Waals surface area contributed by atoms with Crippen LogP contribution in [0.2, 0.25) is 0 Å². The molecule has 20 heavy (non-hydrogen) atoms. The van der Waals surface area contributed by atoms with E-state index in [0.29, 0.717) is 11.4 Å². The zero-order chi connectivity index (χ0) is 14.8. The Morgan fingerprint density at radius 1 is 1.30 bits per heavy atom. The fraction of sp³-hybridized carbons (Fsp3) is 0.600. The smallest absolute Gasteiger partial charge is 0.178 e. The monoisotopic (exact) mass is 297 g/mol. The first-order chi connectivity index (χ1) is 9.36. The van der Waals surface area contributed by atoms with Crippen molar-refractivity contribution in [2.24, 2.45) is 0 Å². The molecule has 1 aromatic carbocycles. The standard InChI is InChI=1S/C15H23NO3S/c1-3-20(18,19)14-7-5-13(6-8-14)12(2)16-11-15(17)9-4-10-15/h5-8,12,16-17H,3-4,9-11H2,1-2H3. The first-order valence-corrected chi connectivity index (χ1v) is 8.80. The van der Waals surface area contributed by atoms with E-state index in [1.807, 2.05) is 19.1 Å². The number of benzene rings is 1. The zero-order valence-electron chi connectivity index (χ0n) is 12.1. The summed E-state index contributed by atoms with van der Waals surface area (Å²) < 4.78 is 23.5. The third kappa shape index (κ3) is 3.40. The summed E-state index contributed by atoms with van der Waals surface area (Å²) in [6.45, 7) is 4.25. The molecule has 0 aromatic heterocycles. The molecule has 1 saturated carbocycles. The van der Waals surface area contributed by atoms with Gasteiger partial charge in [-0.3, -0.25) is 0 Å². The molecule has 0 aliphatic heterocycles. The van der Waals surface area contributed by atoms with Crippen LogP contribution in [-0.2, 0) is 9.84 Å². The van der Waals surface area contributed by atoms with Gasteiger partial charge >= 0.3 is 0 Å². The number of rotatable bonds is 6. The lowest BCUT2D eigenvalue weighted by atomic mass is 9.80. The molecule has 1 atom stereocenters. The van der Waals surface area contributed by atoms with Crippen LogP contribution in [0.25, 0.3) is 0 Å². The predicted octanol–water partition coefficient (Wildman–Crippen LogP) is 2.05. The predicted molar refractivity (Wildman–Crippen MR) is 79.4 cm³/mol. The van der Waals surface area contributed by atoms with E-state index in [-0.39, 0.29) is 11.8 Å². The number of sulfone groups is 1. The quantitative estimate of drug-likeness (QED) is 0.843. The number of hydrogen-bond acceptors (Lipinski definition) is 4. The molecule has 112 valence electrons. The first kappa shape index (κ1) is 15.5. The number of aliphatic hydroxyl groups is 1. The van der Waals surface area contributed by atoms with Gasteiger partial charge in [-0.05, 0) is 43.9 Å². The highest BCUT2D eigenvalue weighted by molar-refractivity contribution is 7.91. The van der Waals surface area contributed by atoms with Crippen LogP contribution < -0.4 is 5.32 Å². The summed E-state index contributed by atoms with van der Waals surface area (Å²) in [7, 11) is -3.13. The minimum absolute atomic E-state index is 0.0954. The average molecular weight is 297 g/mol. The van der Waals surface area contributed by atoms with Crippen molar-refractivity contribution in [3.8, 4) is 0 Å². The molecule has 5 heteroatoms. The Hall–Kier alpha value is -0.910. The van der Waals surface area contributed by atoms with Gasteiger partial charge in [0.1, 0.15) is 0 Å². The van der Waals surface area contributed by atoms with Gasteiger partial charge in [-0.25, -0.2) is 8.42 Å². The van der Waals surface area contributed by atoms with Crippen LogP contribution in [0.3, 0.4) is 0 Å². The highest BCUT2D eigenvalue weighted by Gasteiger charge is 2.34. The molecule has 1 aromatic rings. The lowest BCUT2D eigenvalue weighted by Gasteiger charge is -2.37. The maximum atomic E-state index is 11.7. The molecule has 4 nitrogen and oxygen atoms in total. The van der Waals surface area contributed by atoms with Gasteiger partial charge in [0.15, 0.2) is 9.84 Å². The summed E-state index contributed by atoms with van der Waals surface area (Å²) >= 11 is 0. The van der Waals surface area contributed by atoms with E-state index in [4.69, 9.17) is 0 Å². The summed E-state index contributed by atoms with van der Waals surface area (Å²) in [5.41, 5.74) is 0.489. The molecule has 0 radical (unpaired) electrons. The Kier molecular flexibility index (Phi) is 4.52. The van der Waals surface area contributed by atoms with Crippen LogP contribution in [-0.4, -0.2) is 31.4 Å². The van der Waals surface area contributed by atoms with E-state index in [1.165, 1.54) is 0 Å². The summed E-state index contributed by atoms with van der Waals surface area (Å²) in [6, 6.07) is 7.09. The van der Waals surface area contributed by atoms with E-state index in [9.17, 15) is 13.5 Å². The van der Waals surface area contributed by atoms with Crippen LogP contribution in [0.1, 0.15) is 44.7 Å². The molecule has 2 N–H and O–H groups in total. The molecule has 0 spiro atoms. The summed E-state index contributed by atoms with van der Waals surface area (Å²) in [6.07, 6.45) is 2.82. The van der Waals surface area contributed by atoms with Crippen molar-refractivity contribution >= 4 is 9.84 Å². The molecule has 1 aliphatic rings. The minimum atomic E-state index is -3.13. The van der Waals surface area contributed by atoms with Crippen LogP contribution in [0.15, 0.2) is 29.2 Å².